The Bertz CT molecular complexity index is 645. The van der Waals surface area contributed by atoms with Crippen molar-refractivity contribution >= 4 is 5.78 Å². The van der Waals surface area contributed by atoms with Gasteiger partial charge in [-0.05, 0) is 50.2 Å². The Balaban J connectivity index is 2.29. The van der Waals surface area contributed by atoms with Gasteiger partial charge in [-0.1, -0.05) is 0 Å². The summed E-state index contributed by atoms with van der Waals surface area (Å²) in [7, 11) is 3.19. The molecule has 2 aromatic carbocycles. The molecule has 22 heavy (non-hydrogen) atoms. The fraction of sp³-hybridized carbons (Fsp3) is 0.278. The maximum Gasteiger partial charge on any atom is 0.354 e. The molecule has 2 aromatic rings. The van der Waals surface area contributed by atoms with Gasteiger partial charge in [0, 0.05) is 6.07 Å². The van der Waals surface area contributed by atoms with E-state index < -0.39 is 0 Å². The molecule has 116 valence electrons. The summed E-state index contributed by atoms with van der Waals surface area (Å²) in [5.41, 5.74) is 1.37. The van der Waals surface area contributed by atoms with Gasteiger partial charge in [0.25, 0.3) is 0 Å². The highest BCUT2D eigenvalue weighted by Gasteiger charge is 2.18. The molecule has 0 heterocycles. The van der Waals surface area contributed by atoms with Crippen molar-refractivity contribution in [3.8, 4) is 17.2 Å². The second-order valence-corrected chi connectivity index (χ2v) is 5.11. The molecule has 0 fully saturated rings. The third kappa shape index (κ3) is 3.58. The molecule has 0 saturated heterocycles. The SMILES string of the molecule is COc1ccc(C(=[OH+])c2ccc(OC(C)C)c(OC)c2)cc1. The Labute approximate surface area is 130 Å². The van der Waals surface area contributed by atoms with Crippen molar-refractivity contribution in [2.75, 3.05) is 14.2 Å². The highest BCUT2D eigenvalue weighted by atomic mass is 16.5. The Morgan fingerprint density at radius 1 is 0.864 bits per heavy atom. The number of methoxy groups -OCH3 is 2. The van der Waals surface area contributed by atoms with E-state index in [2.05, 4.69) is 0 Å². The van der Waals surface area contributed by atoms with E-state index in [-0.39, 0.29) is 11.9 Å². The number of ketones is 1. The molecule has 0 spiro atoms. The van der Waals surface area contributed by atoms with E-state index in [1.165, 1.54) is 0 Å². The van der Waals surface area contributed by atoms with E-state index in [9.17, 15) is 4.79 Å². The summed E-state index contributed by atoms with van der Waals surface area (Å²) in [5.74, 6) is 2.17. The van der Waals surface area contributed by atoms with Crippen LogP contribution in [0.2, 0.25) is 0 Å². The van der Waals surface area contributed by atoms with E-state index in [1.54, 1.807) is 56.7 Å². The number of hydrogen-bond donors (Lipinski definition) is 0. The zero-order chi connectivity index (χ0) is 16.1. The summed E-state index contributed by atoms with van der Waals surface area (Å²) in [6, 6.07) is 12.6. The second-order valence-electron chi connectivity index (χ2n) is 5.11. The fourth-order valence-corrected chi connectivity index (χ4v) is 2.08. The highest BCUT2D eigenvalue weighted by molar-refractivity contribution is 6.09. The van der Waals surface area contributed by atoms with Crippen molar-refractivity contribution in [1.29, 1.82) is 0 Å². The van der Waals surface area contributed by atoms with Crippen LogP contribution in [-0.2, 0) is 0 Å². The van der Waals surface area contributed by atoms with E-state index in [0.717, 1.165) is 5.75 Å². The lowest BCUT2D eigenvalue weighted by Crippen LogP contribution is -2.08. The molecular formula is C18H21O4+. The zero-order valence-electron chi connectivity index (χ0n) is 13.3. The summed E-state index contributed by atoms with van der Waals surface area (Å²) in [4.78, 5) is 10.4. The number of benzene rings is 2. The Hall–Kier alpha value is -2.49. The standard InChI is InChI=1S/C18H20O4/c1-12(2)22-16-10-7-14(11-17(16)21-4)18(19)13-5-8-15(20-3)9-6-13/h5-12H,1-4H3/p+1. The lowest BCUT2D eigenvalue weighted by atomic mass is 10.0. The monoisotopic (exact) mass is 301 g/mol. The maximum absolute atomic E-state index is 10.4. The molecule has 4 nitrogen and oxygen atoms in total. The van der Waals surface area contributed by atoms with Crippen LogP contribution < -0.4 is 14.2 Å². The molecule has 0 aliphatic rings. The van der Waals surface area contributed by atoms with Crippen LogP contribution >= 0.6 is 0 Å². The van der Waals surface area contributed by atoms with Crippen LogP contribution in [0.4, 0.5) is 0 Å². The Morgan fingerprint density at radius 2 is 1.50 bits per heavy atom. The van der Waals surface area contributed by atoms with Gasteiger partial charge in [-0.2, -0.15) is 0 Å². The smallest absolute Gasteiger partial charge is 0.354 e. The van der Waals surface area contributed by atoms with Gasteiger partial charge in [-0.3, -0.25) is 4.79 Å². The highest BCUT2D eigenvalue weighted by Crippen LogP contribution is 2.29. The van der Waals surface area contributed by atoms with Crippen molar-refractivity contribution in [2.24, 2.45) is 0 Å². The van der Waals surface area contributed by atoms with Gasteiger partial charge in [0.15, 0.2) is 11.5 Å². The average Bonchev–Trinajstić information content (AvgIpc) is 2.54. The fourth-order valence-electron chi connectivity index (χ4n) is 2.08. The third-order valence-corrected chi connectivity index (χ3v) is 3.16. The van der Waals surface area contributed by atoms with Gasteiger partial charge in [-0.15, -0.1) is 0 Å². The number of ether oxygens (including phenoxy) is 3. The van der Waals surface area contributed by atoms with E-state index in [0.29, 0.717) is 22.6 Å². The maximum atomic E-state index is 10.4. The average molecular weight is 301 g/mol. The number of carbonyl (C=O) groups excluding carboxylic acids is 1. The van der Waals surface area contributed by atoms with Gasteiger partial charge >= 0.3 is 5.78 Å². The summed E-state index contributed by atoms with van der Waals surface area (Å²) in [6.07, 6.45) is 0.0546. The molecule has 0 aliphatic heterocycles. The molecule has 0 aromatic heterocycles. The summed E-state index contributed by atoms with van der Waals surface area (Å²) in [5, 5.41) is 0. The van der Waals surface area contributed by atoms with Crippen LogP contribution in [-0.4, -0.2) is 30.9 Å². The van der Waals surface area contributed by atoms with Crippen LogP contribution in [0, 0.1) is 0 Å². The Kier molecular flexibility index (Phi) is 5.04. The largest absolute Gasteiger partial charge is 0.497 e. The van der Waals surface area contributed by atoms with Gasteiger partial charge in [0.2, 0.25) is 0 Å². The van der Waals surface area contributed by atoms with Crippen LogP contribution in [0.3, 0.4) is 0 Å². The first-order chi connectivity index (χ1) is 10.5. The molecule has 0 atom stereocenters. The minimum Gasteiger partial charge on any atom is -0.497 e. The molecule has 2 rings (SSSR count). The van der Waals surface area contributed by atoms with Gasteiger partial charge < -0.3 is 14.2 Å². The normalized spacial score (nSPS) is 10.4. The molecule has 1 N–H and O–H groups in total. The first-order valence-corrected chi connectivity index (χ1v) is 7.10. The van der Waals surface area contributed by atoms with Gasteiger partial charge in [0.05, 0.1) is 31.5 Å². The van der Waals surface area contributed by atoms with Crippen LogP contribution in [0.5, 0.6) is 17.2 Å². The molecule has 0 radical (unpaired) electrons. The minimum absolute atomic E-state index is 0.0546. The molecule has 0 amide bonds. The summed E-state index contributed by atoms with van der Waals surface area (Å²) < 4.78 is 16.1. The molecule has 4 heteroatoms. The van der Waals surface area contributed by atoms with Crippen LogP contribution in [0.15, 0.2) is 42.5 Å². The number of hydrogen-bond acceptors (Lipinski definition) is 3. The molecule has 0 saturated carbocycles. The lowest BCUT2D eigenvalue weighted by molar-refractivity contribution is 0.230. The van der Waals surface area contributed by atoms with Crippen LogP contribution in [0.1, 0.15) is 25.0 Å². The van der Waals surface area contributed by atoms with Crippen molar-refractivity contribution in [2.45, 2.75) is 20.0 Å². The van der Waals surface area contributed by atoms with E-state index in [1.807, 2.05) is 13.8 Å². The lowest BCUT2D eigenvalue weighted by Gasteiger charge is -2.13. The molecule has 0 unspecified atom stereocenters. The third-order valence-electron chi connectivity index (χ3n) is 3.16. The zero-order valence-corrected chi connectivity index (χ0v) is 13.3. The minimum atomic E-state index is 0.0546. The van der Waals surface area contributed by atoms with Gasteiger partial charge in [-0.25, -0.2) is 0 Å². The van der Waals surface area contributed by atoms with Crippen LogP contribution in [0.25, 0.3) is 0 Å². The quantitative estimate of drug-likeness (QED) is 0.606. The van der Waals surface area contributed by atoms with Crippen molar-refractivity contribution in [3.63, 3.8) is 0 Å². The van der Waals surface area contributed by atoms with E-state index >= 15 is 0 Å². The Morgan fingerprint density at radius 3 is 2.05 bits per heavy atom. The first kappa shape index (κ1) is 15.9. The predicted octanol–water partition coefficient (Wildman–Crippen LogP) is 3.43. The topological polar surface area (TPSA) is 49.1 Å². The second kappa shape index (κ2) is 6.98. The van der Waals surface area contributed by atoms with Gasteiger partial charge in [0.1, 0.15) is 5.75 Å². The number of rotatable bonds is 6. The van der Waals surface area contributed by atoms with Crippen molar-refractivity contribution in [3.05, 3.63) is 53.6 Å². The molecular weight excluding hydrogens is 280 g/mol. The van der Waals surface area contributed by atoms with Crippen molar-refractivity contribution < 1.29 is 19.0 Å². The first-order valence-electron chi connectivity index (χ1n) is 7.10. The van der Waals surface area contributed by atoms with E-state index in [4.69, 9.17) is 14.2 Å². The molecule has 0 bridgehead atoms. The summed E-state index contributed by atoms with van der Waals surface area (Å²) >= 11 is 0. The molecule has 0 aliphatic carbocycles. The van der Waals surface area contributed by atoms with Crippen molar-refractivity contribution in [1.82, 2.24) is 0 Å². The summed E-state index contributed by atoms with van der Waals surface area (Å²) in [6.45, 7) is 3.91. The predicted molar refractivity (Wildman–Crippen MR) is 86.9 cm³/mol.